The molecular weight excluding hydrogens is 568 g/mol. The molecule has 5 rings (SSSR count). The highest BCUT2D eigenvalue weighted by Crippen LogP contribution is 2.23. The molecule has 3 N–H and O–H groups in total. The second kappa shape index (κ2) is 14.0. The van der Waals surface area contributed by atoms with Crippen molar-refractivity contribution in [3.8, 4) is 0 Å². The lowest BCUT2D eigenvalue weighted by molar-refractivity contribution is -0.129. The van der Waals surface area contributed by atoms with Crippen LogP contribution in [0.2, 0.25) is 0 Å². The molecule has 0 fully saturated rings. The molecule has 11 nitrogen and oxygen atoms in total. The number of benzene rings is 2. The zero-order chi connectivity index (χ0) is 32.1. The number of hydrogen-bond donors (Lipinski definition) is 3. The molecule has 0 spiro atoms. The minimum Gasteiger partial charge on any atom is -0.378 e. The lowest BCUT2D eigenvalue weighted by Crippen LogP contribution is -2.49. The van der Waals surface area contributed by atoms with Crippen LogP contribution >= 0.6 is 0 Å². The molecule has 45 heavy (non-hydrogen) atoms. The maximum atomic E-state index is 13.9. The van der Waals surface area contributed by atoms with Gasteiger partial charge in [-0.25, -0.2) is 9.67 Å². The SMILES string of the molecule is Cc1nc2n(n1)CCN(C(=O)c1cccc(N(C)C)c1)CCCC(=O)N[C@H](Cc1c[nH]c3ccccc13)C(=O)N[C@H]2CC(C)C. The van der Waals surface area contributed by atoms with Crippen LogP contribution in [0.5, 0.6) is 0 Å². The lowest BCUT2D eigenvalue weighted by Gasteiger charge is -2.27. The Bertz CT molecular complexity index is 1660. The van der Waals surface area contributed by atoms with Crippen molar-refractivity contribution in [2.24, 2.45) is 5.92 Å². The number of nitrogens with zero attached hydrogens (tertiary/aromatic N) is 5. The number of H-pyrrole nitrogens is 1. The highest BCUT2D eigenvalue weighted by molar-refractivity contribution is 5.95. The van der Waals surface area contributed by atoms with Gasteiger partial charge in [-0.15, -0.1) is 0 Å². The van der Waals surface area contributed by atoms with E-state index in [4.69, 9.17) is 4.98 Å². The van der Waals surface area contributed by atoms with Gasteiger partial charge in [0.05, 0.1) is 12.6 Å². The Balaban J connectivity index is 1.47. The molecule has 4 aromatic rings. The van der Waals surface area contributed by atoms with Crippen molar-refractivity contribution in [2.75, 3.05) is 32.1 Å². The van der Waals surface area contributed by atoms with Gasteiger partial charge in [-0.2, -0.15) is 5.10 Å². The fourth-order valence-corrected chi connectivity index (χ4v) is 5.92. The van der Waals surface area contributed by atoms with Gasteiger partial charge in [0.25, 0.3) is 5.91 Å². The molecule has 2 aromatic carbocycles. The number of hydrogen-bond acceptors (Lipinski definition) is 6. The number of nitrogens with one attached hydrogen (secondary N) is 3. The summed E-state index contributed by atoms with van der Waals surface area (Å²) in [6.07, 6.45) is 3.50. The Kier molecular flexibility index (Phi) is 9.85. The maximum Gasteiger partial charge on any atom is 0.253 e. The van der Waals surface area contributed by atoms with Crippen molar-refractivity contribution < 1.29 is 14.4 Å². The molecule has 0 bridgehead atoms. The zero-order valence-electron chi connectivity index (χ0n) is 26.8. The Hall–Kier alpha value is -4.67. The second-order valence-corrected chi connectivity index (χ2v) is 12.5. The summed E-state index contributed by atoms with van der Waals surface area (Å²) < 4.78 is 1.82. The average molecular weight is 613 g/mol. The van der Waals surface area contributed by atoms with Crippen molar-refractivity contribution in [1.29, 1.82) is 0 Å². The second-order valence-electron chi connectivity index (χ2n) is 12.5. The lowest BCUT2D eigenvalue weighted by atomic mass is 10.0. The van der Waals surface area contributed by atoms with Crippen LogP contribution < -0.4 is 15.5 Å². The van der Waals surface area contributed by atoms with Gasteiger partial charge in [-0.05, 0) is 55.5 Å². The highest BCUT2D eigenvalue weighted by atomic mass is 16.2. The normalized spacial score (nSPS) is 18.3. The first-order chi connectivity index (χ1) is 21.6. The summed E-state index contributed by atoms with van der Waals surface area (Å²) in [6, 6.07) is 14.2. The number of para-hydroxylation sites is 1. The fraction of sp³-hybridized carbons (Fsp3) is 0.441. The summed E-state index contributed by atoms with van der Waals surface area (Å²) in [4.78, 5) is 52.8. The summed E-state index contributed by atoms with van der Waals surface area (Å²) in [5.41, 5.74) is 3.45. The van der Waals surface area contributed by atoms with E-state index >= 15 is 0 Å². The van der Waals surface area contributed by atoms with Gasteiger partial charge in [0.15, 0.2) is 0 Å². The molecule has 1 aliphatic heterocycles. The number of carbonyl (C=O) groups is 3. The summed E-state index contributed by atoms with van der Waals surface area (Å²) in [5.74, 6) is 0.898. The minimum absolute atomic E-state index is 0.103. The number of aromatic amines is 1. The third kappa shape index (κ3) is 7.71. The Morgan fingerprint density at radius 1 is 1.02 bits per heavy atom. The largest absolute Gasteiger partial charge is 0.378 e. The van der Waals surface area contributed by atoms with Crippen LogP contribution in [0.25, 0.3) is 10.9 Å². The van der Waals surface area contributed by atoms with Gasteiger partial charge in [0.1, 0.15) is 17.7 Å². The predicted molar refractivity (Wildman–Crippen MR) is 175 cm³/mol. The highest BCUT2D eigenvalue weighted by Gasteiger charge is 2.29. The molecule has 2 aromatic heterocycles. The third-order valence-corrected chi connectivity index (χ3v) is 8.20. The van der Waals surface area contributed by atoms with E-state index in [1.807, 2.05) is 85.3 Å². The van der Waals surface area contributed by atoms with Crippen LogP contribution in [0.3, 0.4) is 0 Å². The molecular formula is C34H44N8O3. The standard InChI is InChI=1S/C34H44N8O3/c1-22(2)18-29-32-36-23(3)39-42(32)17-16-41(34(45)24-10-8-11-26(19-24)40(4)5)15-9-14-31(43)37-30(33(44)38-29)20-25-21-35-28-13-7-6-12-27(25)28/h6-8,10-13,19,21-22,29-30,35H,9,14-18,20H2,1-5H3,(H,37,43)(H,38,44)/t29-,30+/m0/s1. The summed E-state index contributed by atoms with van der Waals surface area (Å²) in [5, 5.41) is 11.9. The van der Waals surface area contributed by atoms with Crippen LogP contribution in [-0.4, -0.2) is 75.6 Å². The number of aromatic nitrogens is 4. The molecule has 1 aliphatic rings. The van der Waals surface area contributed by atoms with E-state index in [1.165, 1.54) is 0 Å². The summed E-state index contributed by atoms with van der Waals surface area (Å²) >= 11 is 0. The first-order valence-corrected chi connectivity index (χ1v) is 15.7. The van der Waals surface area contributed by atoms with Crippen LogP contribution in [-0.2, 0) is 22.6 Å². The van der Waals surface area contributed by atoms with Gasteiger partial charge in [0.2, 0.25) is 11.8 Å². The molecule has 3 heterocycles. The molecule has 11 heteroatoms. The van der Waals surface area contributed by atoms with Gasteiger partial charge in [-0.1, -0.05) is 38.1 Å². The van der Waals surface area contributed by atoms with Crippen molar-refractivity contribution >= 4 is 34.3 Å². The van der Waals surface area contributed by atoms with Gasteiger partial charge in [0, 0.05) is 68.4 Å². The van der Waals surface area contributed by atoms with Gasteiger partial charge >= 0.3 is 0 Å². The number of aryl methyl sites for hydroxylation is 1. The van der Waals surface area contributed by atoms with Crippen LogP contribution in [0, 0.1) is 12.8 Å². The third-order valence-electron chi connectivity index (χ3n) is 8.20. The Labute approximate surface area is 264 Å². The fourth-order valence-electron chi connectivity index (χ4n) is 5.92. The van der Waals surface area contributed by atoms with Crippen molar-refractivity contribution in [2.45, 2.75) is 65.1 Å². The summed E-state index contributed by atoms with van der Waals surface area (Å²) in [6.45, 7) is 7.20. The smallest absolute Gasteiger partial charge is 0.253 e. The van der Waals surface area contributed by atoms with E-state index < -0.39 is 12.1 Å². The first-order valence-electron chi connectivity index (χ1n) is 15.7. The molecule has 0 saturated heterocycles. The average Bonchev–Trinajstić information content (AvgIpc) is 3.60. The quantitative estimate of drug-likeness (QED) is 0.302. The van der Waals surface area contributed by atoms with E-state index in [-0.39, 0.29) is 30.1 Å². The van der Waals surface area contributed by atoms with E-state index in [2.05, 4.69) is 34.6 Å². The number of fused-ring (bicyclic) bond motifs is 2. The monoisotopic (exact) mass is 612 g/mol. The molecule has 0 unspecified atom stereocenters. The molecule has 2 atom stereocenters. The van der Waals surface area contributed by atoms with Crippen LogP contribution in [0.15, 0.2) is 54.7 Å². The first kappa shape index (κ1) is 31.7. The number of anilines is 1. The van der Waals surface area contributed by atoms with Crippen molar-refractivity contribution in [3.05, 3.63) is 77.5 Å². The van der Waals surface area contributed by atoms with Crippen LogP contribution in [0.1, 0.15) is 66.7 Å². The van der Waals surface area contributed by atoms with Crippen molar-refractivity contribution in [1.82, 2.24) is 35.3 Å². The number of rotatable bonds is 6. The predicted octanol–water partition coefficient (Wildman–Crippen LogP) is 4.00. The minimum atomic E-state index is -0.793. The number of carbonyl (C=O) groups excluding carboxylic acids is 3. The maximum absolute atomic E-state index is 13.9. The molecule has 238 valence electrons. The molecule has 0 aliphatic carbocycles. The van der Waals surface area contributed by atoms with E-state index in [0.717, 1.165) is 22.2 Å². The Morgan fingerprint density at radius 3 is 2.60 bits per heavy atom. The summed E-state index contributed by atoms with van der Waals surface area (Å²) in [7, 11) is 3.88. The molecule has 0 radical (unpaired) electrons. The van der Waals surface area contributed by atoms with Crippen LogP contribution in [0.4, 0.5) is 5.69 Å². The topological polar surface area (TPSA) is 128 Å². The van der Waals surface area contributed by atoms with E-state index in [0.29, 0.717) is 56.1 Å². The molecule has 0 saturated carbocycles. The van der Waals surface area contributed by atoms with E-state index in [9.17, 15) is 14.4 Å². The molecule has 3 amide bonds. The van der Waals surface area contributed by atoms with Crippen molar-refractivity contribution in [3.63, 3.8) is 0 Å². The van der Waals surface area contributed by atoms with E-state index in [1.54, 1.807) is 4.90 Å². The number of amides is 3. The zero-order valence-corrected chi connectivity index (χ0v) is 26.8. The van der Waals surface area contributed by atoms with Gasteiger partial charge < -0.3 is 25.4 Å². The Morgan fingerprint density at radius 2 is 1.82 bits per heavy atom. The van der Waals surface area contributed by atoms with Gasteiger partial charge in [-0.3, -0.25) is 14.4 Å².